The monoisotopic (exact) mass is 526 g/mol. The molecular weight excluding hydrogens is 506 g/mol. The first-order valence-electron chi connectivity index (χ1n) is 12.8. The lowest BCUT2D eigenvalue weighted by atomic mass is 9.96. The van der Waals surface area contributed by atoms with Crippen LogP contribution in [0.3, 0.4) is 0 Å². The molecule has 4 amide bonds. The van der Waals surface area contributed by atoms with Gasteiger partial charge in [0.25, 0.3) is 23.6 Å². The van der Waals surface area contributed by atoms with E-state index in [-0.39, 0.29) is 33.4 Å². The van der Waals surface area contributed by atoms with Gasteiger partial charge in [-0.3, -0.25) is 29.3 Å². The SMILES string of the molecule is CC[n+]1cc2cc(N3C(=O)c4ccc(C(=O)c5ccc6c(c5)C(=O)NC6=O)cc4C3=O)ccc2c2ccccc21. The number of aryl methyl sites for hydroxylation is 1. The number of rotatable bonds is 4. The first kappa shape index (κ1) is 23.6. The van der Waals surface area contributed by atoms with Crippen molar-refractivity contribution in [3.05, 3.63) is 118 Å². The van der Waals surface area contributed by atoms with Crippen molar-refractivity contribution in [2.75, 3.05) is 4.90 Å². The summed E-state index contributed by atoms with van der Waals surface area (Å²) < 4.78 is 2.13. The molecule has 0 saturated heterocycles. The lowest BCUT2D eigenvalue weighted by Gasteiger charge is -2.15. The predicted molar refractivity (Wildman–Crippen MR) is 147 cm³/mol. The molecule has 2 aliphatic rings. The molecule has 0 aliphatic carbocycles. The van der Waals surface area contributed by atoms with E-state index in [0.29, 0.717) is 5.69 Å². The fourth-order valence-electron chi connectivity index (χ4n) is 5.58. The van der Waals surface area contributed by atoms with Gasteiger partial charge in [-0.25, -0.2) is 4.90 Å². The summed E-state index contributed by atoms with van der Waals surface area (Å²) in [5.74, 6) is -2.48. The molecule has 5 aromatic rings. The van der Waals surface area contributed by atoms with E-state index in [1.165, 1.54) is 36.4 Å². The smallest absolute Gasteiger partial charge is 0.266 e. The van der Waals surface area contributed by atoms with Gasteiger partial charge in [-0.2, -0.15) is 4.57 Å². The van der Waals surface area contributed by atoms with E-state index in [4.69, 9.17) is 0 Å². The minimum atomic E-state index is -0.562. The molecule has 0 unspecified atom stereocenters. The fourth-order valence-corrected chi connectivity index (χ4v) is 5.58. The molecule has 0 saturated carbocycles. The van der Waals surface area contributed by atoms with Crippen LogP contribution in [0, 0.1) is 0 Å². The van der Waals surface area contributed by atoms with Gasteiger partial charge in [0.1, 0.15) is 6.54 Å². The molecule has 4 aromatic carbocycles. The predicted octanol–water partition coefficient (Wildman–Crippen LogP) is 4.22. The van der Waals surface area contributed by atoms with Gasteiger partial charge < -0.3 is 0 Å². The molecule has 0 fully saturated rings. The molecule has 2 aliphatic heterocycles. The highest BCUT2D eigenvalue weighted by Gasteiger charge is 2.37. The molecule has 40 heavy (non-hydrogen) atoms. The first-order valence-corrected chi connectivity index (χ1v) is 12.8. The van der Waals surface area contributed by atoms with Gasteiger partial charge in [0, 0.05) is 28.0 Å². The highest BCUT2D eigenvalue weighted by molar-refractivity contribution is 6.35. The Morgan fingerprint density at radius 2 is 1.40 bits per heavy atom. The maximum atomic E-state index is 13.5. The van der Waals surface area contributed by atoms with Crippen LogP contribution in [-0.2, 0) is 6.54 Å². The van der Waals surface area contributed by atoms with E-state index in [1.54, 1.807) is 6.07 Å². The minimum absolute atomic E-state index is 0.128. The number of nitrogens with one attached hydrogen (secondary N) is 1. The van der Waals surface area contributed by atoms with Gasteiger partial charge in [0.2, 0.25) is 5.52 Å². The number of hydrogen-bond donors (Lipinski definition) is 1. The number of nitrogens with zero attached hydrogens (tertiary/aromatic N) is 2. The Kier molecular flexibility index (Phi) is 5.02. The van der Waals surface area contributed by atoms with Crippen LogP contribution >= 0.6 is 0 Å². The fraction of sp³-hybridized carbons (Fsp3) is 0.0625. The Labute approximate surface area is 227 Å². The summed E-state index contributed by atoms with van der Waals surface area (Å²) in [7, 11) is 0. The number of anilines is 1. The van der Waals surface area contributed by atoms with Crippen LogP contribution in [0.5, 0.6) is 0 Å². The molecule has 1 aromatic heterocycles. The van der Waals surface area contributed by atoms with Gasteiger partial charge in [-0.05, 0) is 49.4 Å². The van der Waals surface area contributed by atoms with Crippen molar-refractivity contribution in [2.24, 2.45) is 0 Å². The molecule has 7 rings (SSSR count). The Morgan fingerprint density at radius 1 is 0.725 bits per heavy atom. The van der Waals surface area contributed by atoms with Crippen LogP contribution in [0.25, 0.3) is 21.7 Å². The second-order valence-corrected chi connectivity index (χ2v) is 9.78. The average Bonchev–Trinajstić information content (AvgIpc) is 3.41. The molecule has 0 bridgehead atoms. The van der Waals surface area contributed by atoms with E-state index in [2.05, 4.69) is 28.9 Å². The second-order valence-electron chi connectivity index (χ2n) is 9.78. The first-order chi connectivity index (χ1) is 19.4. The van der Waals surface area contributed by atoms with Gasteiger partial charge >= 0.3 is 0 Å². The average molecular weight is 527 g/mol. The van der Waals surface area contributed by atoms with Crippen LogP contribution < -0.4 is 14.8 Å². The number of para-hydroxylation sites is 1. The van der Waals surface area contributed by atoms with Crippen LogP contribution in [-0.4, -0.2) is 29.4 Å². The Hall–Kier alpha value is -5.50. The van der Waals surface area contributed by atoms with Crippen molar-refractivity contribution in [1.29, 1.82) is 0 Å². The number of fused-ring (bicyclic) bond motifs is 5. The standard InChI is InChI=1S/C32H19N3O5/c1-2-34-16-19-13-20(9-12-21(19)22-5-3-4-6-27(22)34)35-31(39)24-11-8-18(15-26(24)32(35)40)28(36)17-7-10-23-25(14-17)30(38)33-29(23)37/h3-16H,2H2,1H3/p+1. The van der Waals surface area contributed by atoms with Crippen molar-refractivity contribution in [1.82, 2.24) is 5.32 Å². The van der Waals surface area contributed by atoms with Crippen molar-refractivity contribution in [2.45, 2.75) is 13.5 Å². The summed E-state index contributed by atoms with van der Waals surface area (Å²) in [5, 5.41) is 5.18. The molecule has 0 radical (unpaired) electrons. The van der Waals surface area contributed by atoms with Crippen molar-refractivity contribution >= 4 is 56.8 Å². The zero-order chi connectivity index (χ0) is 27.7. The van der Waals surface area contributed by atoms with Crippen LogP contribution in [0.1, 0.15) is 64.3 Å². The number of pyridine rings is 1. The molecule has 8 heteroatoms. The lowest BCUT2D eigenvalue weighted by molar-refractivity contribution is -0.666. The summed E-state index contributed by atoms with van der Waals surface area (Å²) in [6, 6.07) is 22.2. The van der Waals surface area contributed by atoms with Gasteiger partial charge in [0.15, 0.2) is 12.0 Å². The van der Waals surface area contributed by atoms with E-state index >= 15 is 0 Å². The maximum absolute atomic E-state index is 13.5. The number of amides is 4. The Balaban J connectivity index is 1.26. The summed E-state index contributed by atoms with van der Waals surface area (Å²) in [6.45, 7) is 2.82. The van der Waals surface area contributed by atoms with Crippen molar-refractivity contribution in [3.63, 3.8) is 0 Å². The number of imide groups is 2. The summed E-state index contributed by atoms with van der Waals surface area (Å²) in [6.07, 6.45) is 2.01. The largest absolute Gasteiger partial charge is 0.289 e. The Bertz CT molecular complexity index is 2030. The highest BCUT2D eigenvalue weighted by atomic mass is 16.2. The maximum Gasteiger partial charge on any atom is 0.266 e. The summed E-state index contributed by atoms with van der Waals surface area (Å²) in [4.78, 5) is 65.2. The molecule has 192 valence electrons. The molecule has 8 nitrogen and oxygen atoms in total. The van der Waals surface area contributed by atoms with Gasteiger partial charge in [-0.15, -0.1) is 0 Å². The molecule has 0 spiro atoms. The van der Waals surface area contributed by atoms with Crippen molar-refractivity contribution < 1.29 is 28.5 Å². The van der Waals surface area contributed by atoms with Crippen LogP contribution in [0.2, 0.25) is 0 Å². The van der Waals surface area contributed by atoms with E-state index < -0.39 is 29.4 Å². The van der Waals surface area contributed by atoms with Gasteiger partial charge in [0.05, 0.1) is 33.3 Å². The third-order valence-corrected chi connectivity index (χ3v) is 7.58. The summed E-state index contributed by atoms with van der Waals surface area (Å²) in [5.41, 5.74) is 2.61. The van der Waals surface area contributed by atoms with E-state index in [0.717, 1.165) is 33.1 Å². The number of benzene rings is 4. The number of ketones is 1. The quantitative estimate of drug-likeness (QED) is 0.164. The molecule has 0 atom stereocenters. The van der Waals surface area contributed by atoms with Gasteiger partial charge in [-0.1, -0.05) is 30.3 Å². The highest BCUT2D eigenvalue weighted by Crippen LogP contribution is 2.33. The second kappa shape index (κ2) is 8.51. The summed E-state index contributed by atoms with van der Waals surface area (Å²) >= 11 is 0. The van der Waals surface area contributed by atoms with Crippen LogP contribution in [0.15, 0.2) is 85.1 Å². The third kappa shape index (κ3) is 3.32. The lowest BCUT2D eigenvalue weighted by Crippen LogP contribution is -2.33. The van der Waals surface area contributed by atoms with Crippen molar-refractivity contribution in [3.8, 4) is 0 Å². The van der Waals surface area contributed by atoms with E-state index in [9.17, 15) is 24.0 Å². The number of carbonyl (C=O) groups excluding carboxylic acids is 5. The molecule has 3 heterocycles. The van der Waals surface area contributed by atoms with Crippen LogP contribution in [0.4, 0.5) is 5.69 Å². The number of hydrogen-bond acceptors (Lipinski definition) is 5. The number of carbonyl (C=O) groups is 5. The number of aromatic nitrogens is 1. The molecule has 1 N–H and O–H groups in total. The zero-order valence-corrected chi connectivity index (χ0v) is 21.2. The topological polar surface area (TPSA) is 104 Å². The molecular formula is C32H20N3O5+. The zero-order valence-electron chi connectivity index (χ0n) is 21.2. The minimum Gasteiger partial charge on any atom is -0.289 e. The normalized spacial score (nSPS) is 14.2. The Morgan fingerprint density at radius 3 is 2.17 bits per heavy atom. The third-order valence-electron chi connectivity index (χ3n) is 7.58. The van der Waals surface area contributed by atoms with E-state index in [1.807, 2.05) is 30.5 Å².